The summed E-state index contributed by atoms with van der Waals surface area (Å²) in [5.41, 5.74) is 2.16. The minimum absolute atomic E-state index is 0.194. The normalized spacial score (nSPS) is 14.7. The third-order valence-electron chi connectivity index (χ3n) is 5.45. The van der Waals surface area contributed by atoms with E-state index in [1.54, 1.807) is 13.0 Å². The van der Waals surface area contributed by atoms with Crippen LogP contribution in [0.15, 0.2) is 24.5 Å². The molecule has 1 saturated heterocycles. The Bertz CT molecular complexity index is 1080. The second kappa shape index (κ2) is 9.67. The first-order chi connectivity index (χ1) is 15.0. The smallest absolute Gasteiger partial charge is 0.261 e. The van der Waals surface area contributed by atoms with Crippen molar-refractivity contribution in [1.29, 1.82) is 0 Å². The van der Waals surface area contributed by atoms with E-state index in [1.165, 1.54) is 23.7 Å². The van der Waals surface area contributed by atoms with Crippen molar-refractivity contribution in [3.63, 3.8) is 0 Å². The van der Waals surface area contributed by atoms with Crippen molar-refractivity contribution in [2.24, 2.45) is 0 Å². The van der Waals surface area contributed by atoms with Gasteiger partial charge in [-0.1, -0.05) is 12.1 Å². The molecule has 9 heteroatoms. The fourth-order valence-electron chi connectivity index (χ4n) is 3.59. The fraction of sp³-hybridized carbons (Fsp3) is 0.409. The molecule has 0 spiro atoms. The zero-order valence-corrected chi connectivity index (χ0v) is 18.5. The third kappa shape index (κ3) is 5.00. The molecule has 3 heterocycles. The number of ether oxygens (including phenoxy) is 1. The highest BCUT2D eigenvalue weighted by atomic mass is 32.1. The van der Waals surface area contributed by atoms with Gasteiger partial charge in [0.25, 0.3) is 5.91 Å². The monoisotopic (exact) mass is 443 g/mol. The Kier molecular flexibility index (Phi) is 6.74. The number of aryl methyl sites for hydroxylation is 2. The van der Waals surface area contributed by atoms with E-state index in [0.29, 0.717) is 10.4 Å². The van der Waals surface area contributed by atoms with Gasteiger partial charge in [0.2, 0.25) is 0 Å². The number of nitrogens with zero attached hydrogens (tertiary/aromatic N) is 3. The molecule has 0 atom stereocenters. The molecule has 31 heavy (non-hydrogen) atoms. The first-order valence-corrected chi connectivity index (χ1v) is 11.2. The van der Waals surface area contributed by atoms with Crippen LogP contribution in [0, 0.1) is 19.7 Å². The predicted molar refractivity (Wildman–Crippen MR) is 120 cm³/mol. The number of fused-ring (bicyclic) bond motifs is 1. The van der Waals surface area contributed by atoms with E-state index in [4.69, 9.17) is 4.74 Å². The van der Waals surface area contributed by atoms with Crippen LogP contribution < -0.4 is 10.6 Å². The molecule has 0 saturated carbocycles. The Morgan fingerprint density at radius 3 is 2.84 bits per heavy atom. The summed E-state index contributed by atoms with van der Waals surface area (Å²) in [6.45, 7) is 8.97. The maximum Gasteiger partial charge on any atom is 0.261 e. The van der Waals surface area contributed by atoms with E-state index in [-0.39, 0.29) is 18.3 Å². The van der Waals surface area contributed by atoms with Crippen molar-refractivity contribution >= 4 is 33.3 Å². The number of anilines is 1. The van der Waals surface area contributed by atoms with E-state index >= 15 is 0 Å². The van der Waals surface area contributed by atoms with Gasteiger partial charge in [0, 0.05) is 32.7 Å². The van der Waals surface area contributed by atoms with Gasteiger partial charge in [0.15, 0.2) is 0 Å². The summed E-state index contributed by atoms with van der Waals surface area (Å²) in [7, 11) is 0. The maximum absolute atomic E-state index is 13.8. The quantitative estimate of drug-likeness (QED) is 0.584. The number of amides is 1. The van der Waals surface area contributed by atoms with Gasteiger partial charge in [-0.3, -0.25) is 9.69 Å². The van der Waals surface area contributed by atoms with Gasteiger partial charge >= 0.3 is 0 Å². The van der Waals surface area contributed by atoms with Crippen molar-refractivity contribution in [2.75, 3.05) is 44.7 Å². The number of carbonyl (C=O) groups is 1. The second-order valence-electron chi connectivity index (χ2n) is 7.61. The largest absolute Gasteiger partial charge is 0.379 e. The first-order valence-electron chi connectivity index (χ1n) is 10.3. The number of aromatic nitrogens is 2. The molecule has 164 valence electrons. The van der Waals surface area contributed by atoms with E-state index in [2.05, 4.69) is 25.5 Å². The lowest BCUT2D eigenvalue weighted by atomic mass is 10.1. The van der Waals surface area contributed by atoms with Crippen LogP contribution in [-0.2, 0) is 11.3 Å². The number of halogens is 1. The molecular weight excluding hydrogens is 417 g/mol. The van der Waals surface area contributed by atoms with Crippen molar-refractivity contribution in [1.82, 2.24) is 20.2 Å². The van der Waals surface area contributed by atoms with Gasteiger partial charge in [-0.2, -0.15) is 0 Å². The third-order valence-corrected chi connectivity index (χ3v) is 6.65. The molecule has 1 aliphatic heterocycles. The molecule has 2 N–H and O–H groups in total. The SMILES string of the molecule is Cc1ccc(CNC(=O)c2sc3ncnc(NCCN4CCOCC4)c3c2C)cc1F. The van der Waals surface area contributed by atoms with Gasteiger partial charge in [-0.15, -0.1) is 11.3 Å². The van der Waals surface area contributed by atoms with Crippen molar-refractivity contribution in [3.05, 3.63) is 51.9 Å². The average Bonchev–Trinajstić information content (AvgIpc) is 3.12. The molecule has 4 rings (SSSR count). The number of hydrogen-bond donors (Lipinski definition) is 2. The lowest BCUT2D eigenvalue weighted by Crippen LogP contribution is -2.39. The lowest BCUT2D eigenvalue weighted by molar-refractivity contribution is 0.0398. The van der Waals surface area contributed by atoms with Crippen LogP contribution in [0.1, 0.15) is 26.4 Å². The van der Waals surface area contributed by atoms with Crippen molar-refractivity contribution in [2.45, 2.75) is 20.4 Å². The Balaban J connectivity index is 1.44. The number of hydrogen-bond acceptors (Lipinski definition) is 7. The summed E-state index contributed by atoms with van der Waals surface area (Å²) < 4.78 is 19.1. The number of nitrogens with one attached hydrogen (secondary N) is 2. The van der Waals surface area contributed by atoms with Gasteiger partial charge in [0.1, 0.15) is 22.8 Å². The zero-order chi connectivity index (χ0) is 21.8. The van der Waals surface area contributed by atoms with Crippen LogP contribution in [0.5, 0.6) is 0 Å². The number of benzene rings is 1. The fourth-order valence-corrected chi connectivity index (χ4v) is 4.65. The van der Waals surface area contributed by atoms with E-state index < -0.39 is 0 Å². The van der Waals surface area contributed by atoms with Crippen LogP contribution in [0.4, 0.5) is 10.2 Å². The van der Waals surface area contributed by atoms with Crippen LogP contribution in [0.25, 0.3) is 10.2 Å². The molecule has 1 amide bonds. The number of carbonyl (C=O) groups excluding carboxylic acids is 1. The topological polar surface area (TPSA) is 79.4 Å². The first kappa shape index (κ1) is 21.6. The van der Waals surface area contributed by atoms with Gasteiger partial charge < -0.3 is 15.4 Å². The molecule has 3 aromatic rings. The summed E-state index contributed by atoms with van der Waals surface area (Å²) in [6.07, 6.45) is 1.52. The summed E-state index contributed by atoms with van der Waals surface area (Å²) in [5, 5.41) is 7.16. The predicted octanol–water partition coefficient (Wildman–Crippen LogP) is 3.12. The zero-order valence-electron chi connectivity index (χ0n) is 17.7. The molecule has 0 radical (unpaired) electrons. The highest BCUT2D eigenvalue weighted by Gasteiger charge is 2.19. The minimum Gasteiger partial charge on any atom is -0.379 e. The number of morpholine rings is 1. The Hall–Kier alpha value is -2.62. The molecule has 1 aromatic carbocycles. The highest BCUT2D eigenvalue weighted by molar-refractivity contribution is 7.20. The van der Waals surface area contributed by atoms with Crippen molar-refractivity contribution in [3.8, 4) is 0 Å². The number of thiophene rings is 1. The molecule has 7 nitrogen and oxygen atoms in total. The molecule has 0 bridgehead atoms. The molecule has 0 unspecified atom stereocenters. The summed E-state index contributed by atoms with van der Waals surface area (Å²) >= 11 is 1.34. The lowest BCUT2D eigenvalue weighted by Gasteiger charge is -2.26. The summed E-state index contributed by atoms with van der Waals surface area (Å²) in [4.78, 5) is 25.3. The average molecular weight is 444 g/mol. The second-order valence-corrected chi connectivity index (χ2v) is 8.60. The van der Waals surface area contributed by atoms with Crippen molar-refractivity contribution < 1.29 is 13.9 Å². The maximum atomic E-state index is 13.8. The van der Waals surface area contributed by atoms with Crippen LogP contribution in [-0.4, -0.2) is 60.2 Å². The molecular formula is C22H26FN5O2S. The summed E-state index contributed by atoms with van der Waals surface area (Å²) in [5.74, 6) is 0.278. The minimum atomic E-state index is -0.270. The molecule has 1 aliphatic rings. The van der Waals surface area contributed by atoms with Gasteiger partial charge in [-0.05, 0) is 36.6 Å². The van der Waals surface area contributed by atoms with Crippen LogP contribution >= 0.6 is 11.3 Å². The molecule has 1 fully saturated rings. The van der Waals surface area contributed by atoms with E-state index in [9.17, 15) is 9.18 Å². The van der Waals surface area contributed by atoms with Gasteiger partial charge in [-0.25, -0.2) is 14.4 Å². The Morgan fingerprint density at radius 2 is 2.06 bits per heavy atom. The molecule has 0 aliphatic carbocycles. The molecule has 2 aromatic heterocycles. The number of rotatable bonds is 7. The summed E-state index contributed by atoms with van der Waals surface area (Å²) in [6, 6.07) is 4.99. The van der Waals surface area contributed by atoms with Crippen LogP contribution in [0.3, 0.4) is 0 Å². The Labute approximate surface area is 184 Å². The Morgan fingerprint density at radius 1 is 1.26 bits per heavy atom. The van der Waals surface area contributed by atoms with Crippen LogP contribution in [0.2, 0.25) is 0 Å². The van der Waals surface area contributed by atoms with Gasteiger partial charge in [0.05, 0.1) is 23.5 Å². The van der Waals surface area contributed by atoms with E-state index in [1.807, 2.05) is 13.0 Å². The van der Waals surface area contributed by atoms with E-state index in [0.717, 1.165) is 66.6 Å². The standard InChI is InChI=1S/C22H26FN5O2S/c1-14-3-4-16(11-17(14)23)12-25-21(29)19-15(2)18-20(26-13-27-22(18)31-19)24-5-6-28-7-9-30-10-8-28/h3-4,11,13H,5-10,12H2,1-2H3,(H,25,29)(H,24,26,27). The highest BCUT2D eigenvalue weighted by Crippen LogP contribution is 2.33.